The summed E-state index contributed by atoms with van der Waals surface area (Å²) in [5.74, 6) is 0.869. The van der Waals surface area contributed by atoms with E-state index in [0.29, 0.717) is 23.7 Å². The number of amides is 1. The molecule has 1 amide bonds. The van der Waals surface area contributed by atoms with Gasteiger partial charge in [0, 0.05) is 69.8 Å². The molecule has 0 aliphatic carbocycles. The topological polar surface area (TPSA) is 55.8 Å². The predicted octanol–water partition coefficient (Wildman–Crippen LogP) is 2.49. The van der Waals surface area contributed by atoms with Gasteiger partial charge in [-0.25, -0.2) is 9.97 Å². The van der Waals surface area contributed by atoms with Gasteiger partial charge in [-0.05, 0) is 39.2 Å². The van der Waals surface area contributed by atoms with Crippen molar-refractivity contribution in [1.82, 2.24) is 24.7 Å². The lowest BCUT2D eigenvalue weighted by molar-refractivity contribution is 0.0635. The molecular weight excluding hydrogens is 376 g/mol. The van der Waals surface area contributed by atoms with Crippen LogP contribution in [0.25, 0.3) is 0 Å². The quantitative estimate of drug-likeness (QED) is 0.683. The van der Waals surface area contributed by atoms with E-state index in [0.717, 1.165) is 51.8 Å². The average molecular weight is 415 g/mol. The molecule has 7 heteroatoms. The fourth-order valence-electron chi connectivity index (χ4n) is 5.18. The highest BCUT2D eigenvalue weighted by molar-refractivity contribution is 5.93. The molecule has 3 saturated heterocycles. The fraction of sp³-hybridized carbons (Fsp3) is 0.783. The first-order valence-corrected chi connectivity index (χ1v) is 12.0. The molecule has 3 atom stereocenters. The zero-order valence-corrected chi connectivity index (χ0v) is 19.0. The standard InChI is InChI=1S/C23H38N6O/c1-4-6-9-26-10-12-27(13-11-26)22(30)19-14-24-23(25-15-19)29-20-7-8-21(29)17-28(16-20)18(3)5-2/h14-15,18,20-21H,4-13,16-17H2,1-3H3. The van der Waals surface area contributed by atoms with Crippen LogP contribution in [-0.2, 0) is 0 Å². The van der Waals surface area contributed by atoms with Gasteiger partial charge in [-0.3, -0.25) is 14.6 Å². The predicted molar refractivity (Wildman–Crippen MR) is 120 cm³/mol. The minimum Gasteiger partial charge on any atom is -0.336 e. The Hall–Kier alpha value is -1.73. The van der Waals surface area contributed by atoms with Crippen LogP contribution in [0.3, 0.4) is 0 Å². The molecule has 4 rings (SSSR count). The molecule has 1 aromatic heterocycles. The van der Waals surface area contributed by atoms with Crippen LogP contribution in [0.4, 0.5) is 5.95 Å². The Morgan fingerprint density at radius 3 is 2.27 bits per heavy atom. The van der Waals surface area contributed by atoms with Gasteiger partial charge in [0.1, 0.15) is 0 Å². The summed E-state index contributed by atoms with van der Waals surface area (Å²) in [6, 6.07) is 1.63. The van der Waals surface area contributed by atoms with E-state index < -0.39 is 0 Å². The zero-order chi connectivity index (χ0) is 21.1. The lowest BCUT2D eigenvalue weighted by Crippen LogP contribution is -2.56. The SMILES string of the molecule is CCCCN1CCN(C(=O)c2cnc(N3C4CCC3CN(C(C)CC)C4)nc2)CC1. The van der Waals surface area contributed by atoms with E-state index in [-0.39, 0.29) is 5.91 Å². The van der Waals surface area contributed by atoms with Crippen LogP contribution >= 0.6 is 0 Å². The molecule has 4 heterocycles. The van der Waals surface area contributed by atoms with Gasteiger partial charge in [0.05, 0.1) is 5.56 Å². The Balaban J connectivity index is 1.35. The number of hydrogen-bond donors (Lipinski definition) is 0. The van der Waals surface area contributed by atoms with E-state index in [1.807, 2.05) is 4.90 Å². The second-order valence-corrected chi connectivity index (χ2v) is 9.26. The first-order chi connectivity index (χ1) is 14.6. The number of rotatable bonds is 7. The molecule has 1 aromatic rings. The third kappa shape index (κ3) is 4.47. The van der Waals surface area contributed by atoms with Gasteiger partial charge in [-0.2, -0.15) is 0 Å². The molecule has 30 heavy (non-hydrogen) atoms. The van der Waals surface area contributed by atoms with Gasteiger partial charge in [0.25, 0.3) is 5.91 Å². The van der Waals surface area contributed by atoms with E-state index in [1.165, 1.54) is 32.1 Å². The molecule has 0 radical (unpaired) electrons. The highest BCUT2D eigenvalue weighted by Crippen LogP contribution is 2.33. The van der Waals surface area contributed by atoms with Crippen molar-refractivity contribution < 1.29 is 4.79 Å². The molecule has 0 spiro atoms. The Bertz CT molecular complexity index is 688. The Morgan fingerprint density at radius 1 is 1.07 bits per heavy atom. The van der Waals surface area contributed by atoms with Gasteiger partial charge >= 0.3 is 0 Å². The van der Waals surface area contributed by atoms with Crippen molar-refractivity contribution in [2.45, 2.75) is 71.0 Å². The Kier molecular flexibility index (Phi) is 6.88. The molecule has 0 N–H and O–H groups in total. The third-order valence-electron chi connectivity index (χ3n) is 7.33. The number of carbonyl (C=O) groups is 1. The number of likely N-dealkylation sites (tertiary alicyclic amines) is 1. The summed E-state index contributed by atoms with van der Waals surface area (Å²) in [6.45, 7) is 13.7. The summed E-state index contributed by atoms with van der Waals surface area (Å²) < 4.78 is 0. The van der Waals surface area contributed by atoms with Crippen molar-refractivity contribution in [2.75, 3.05) is 50.7 Å². The van der Waals surface area contributed by atoms with Crippen LogP contribution in [0.5, 0.6) is 0 Å². The molecular formula is C23H38N6O. The van der Waals surface area contributed by atoms with Crippen LogP contribution in [0.2, 0.25) is 0 Å². The van der Waals surface area contributed by atoms with Crippen LogP contribution in [0.1, 0.15) is 63.2 Å². The lowest BCUT2D eigenvalue weighted by Gasteiger charge is -2.43. The Morgan fingerprint density at radius 2 is 1.70 bits per heavy atom. The van der Waals surface area contributed by atoms with Crippen LogP contribution in [-0.4, -0.2) is 94.5 Å². The summed E-state index contributed by atoms with van der Waals surface area (Å²) >= 11 is 0. The Labute approximate surface area is 181 Å². The summed E-state index contributed by atoms with van der Waals surface area (Å²) in [7, 11) is 0. The third-order valence-corrected chi connectivity index (χ3v) is 7.33. The number of fused-ring (bicyclic) bond motifs is 2. The fourth-order valence-corrected chi connectivity index (χ4v) is 5.18. The number of unbranched alkanes of at least 4 members (excludes halogenated alkanes) is 1. The maximum atomic E-state index is 12.9. The summed E-state index contributed by atoms with van der Waals surface area (Å²) in [5.41, 5.74) is 0.617. The highest BCUT2D eigenvalue weighted by Gasteiger charge is 2.42. The van der Waals surface area contributed by atoms with Gasteiger partial charge in [-0.15, -0.1) is 0 Å². The minimum atomic E-state index is 0.0706. The maximum Gasteiger partial charge on any atom is 0.257 e. The van der Waals surface area contributed by atoms with Crippen molar-refractivity contribution in [3.63, 3.8) is 0 Å². The minimum absolute atomic E-state index is 0.0706. The molecule has 3 aliphatic rings. The van der Waals surface area contributed by atoms with E-state index in [1.54, 1.807) is 12.4 Å². The lowest BCUT2D eigenvalue weighted by atomic mass is 10.1. The molecule has 3 unspecified atom stereocenters. The molecule has 0 saturated carbocycles. The van der Waals surface area contributed by atoms with Gasteiger partial charge in [0.2, 0.25) is 5.95 Å². The number of hydrogen-bond acceptors (Lipinski definition) is 6. The van der Waals surface area contributed by atoms with E-state index in [2.05, 4.69) is 45.4 Å². The summed E-state index contributed by atoms with van der Waals surface area (Å²) in [4.78, 5) is 31.6. The average Bonchev–Trinajstić information content (AvgIpc) is 3.06. The normalized spacial score (nSPS) is 26.2. The summed E-state index contributed by atoms with van der Waals surface area (Å²) in [5, 5.41) is 0. The van der Waals surface area contributed by atoms with Crippen LogP contribution in [0.15, 0.2) is 12.4 Å². The second-order valence-electron chi connectivity index (χ2n) is 9.26. The van der Waals surface area contributed by atoms with E-state index in [9.17, 15) is 4.79 Å². The number of anilines is 1. The van der Waals surface area contributed by atoms with Crippen LogP contribution < -0.4 is 4.90 Å². The number of carbonyl (C=O) groups excluding carboxylic acids is 1. The van der Waals surface area contributed by atoms with E-state index in [4.69, 9.17) is 0 Å². The first-order valence-electron chi connectivity index (χ1n) is 12.0. The second kappa shape index (κ2) is 9.60. The van der Waals surface area contributed by atoms with Crippen molar-refractivity contribution in [3.05, 3.63) is 18.0 Å². The number of nitrogens with zero attached hydrogens (tertiary/aromatic N) is 6. The smallest absolute Gasteiger partial charge is 0.257 e. The van der Waals surface area contributed by atoms with E-state index >= 15 is 0 Å². The molecule has 166 valence electrons. The molecule has 3 fully saturated rings. The number of aromatic nitrogens is 2. The maximum absolute atomic E-state index is 12.9. The van der Waals surface area contributed by atoms with Crippen molar-refractivity contribution in [3.8, 4) is 0 Å². The van der Waals surface area contributed by atoms with Crippen molar-refractivity contribution in [2.24, 2.45) is 0 Å². The zero-order valence-electron chi connectivity index (χ0n) is 19.0. The van der Waals surface area contributed by atoms with Crippen molar-refractivity contribution in [1.29, 1.82) is 0 Å². The molecule has 7 nitrogen and oxygen atoms in total. The highest BCUT2D eigenvalue weighted by atomic mass is 16.2. The van der Waals surface area contributed by atoms with Gasteiger partial charge < -0.3 is 9.80 Å². The summed E-state index contributed by atoms with van der Waals surface area (Å²) in [6.07, 6.45) is 9.56. The largest absolute Gasteiger partial charge is 0.336 e. The van der Waals surface area contributed by atoms with Crippen molar-refractivity contribution >= 4 is 11.9 Å². The number of piperazine rings is 2. The molecule has 2 bridgehead atoms. The molecule has 3 aliphatic heterocycles. The first kappa shape index (κ1) is 21.5. The van der Waals surface area contributed by atoms with Gasteiger partial charge in [-0.1, -0.05) is 20.3 Å². The van der Waals surface area contributed by atoms with Gasteiger partial charge in [0.15, 0.2) is 0 Å². The van der Waals surface area contributed by atoms with Crippen LogP contribution in [0, 0.1) is 0 Å². The monoisotopic (exact) mass is 414 g/mol. The molecule has 0 aromatic carbocycles.